The summed E-state index contributed by atoms with van der Waals surface area (Å²) in [6, 6.07) is 7.89. The molecule has 1 aromatic carbocycles. The highest BCUT2D eigenvalue weighted by molar-refractivity contribution is 6.15. The van der Waals surface area contributed by atoms with Crippen LogP contribution in [-0.4, -0.2) is 24.6 Å². The lowest BCUT2D eigenvalue weighted by Gasteiger charge is -2.36. The molecule has 1 aliphatic carbocycles. The third kappa shape index (κ3) is 2.19. The van der Waals surface area contributed by atoms with Gasteiger partial charge in [0, 0.05) is 6.42 Å². The Morgan fingerprint density at radius 3 is 2.65 bits per heavy atom. The number of nitrogens with zero attached hydrogens (tertiary/aromatic N) is 1. The van der Waals surface area contributed by atoms with Crippen molar-refractivity contribution in [2.24, 2.45) is 16.4 Å². The van der Waals surface area contributed by atoms with Crippen LogP contribution >= 0.6 is 0 Å². The van der Waals surface area contributed by atoms with Gasteiger partial charge < -0.3 is 10.2 Å². The molecule has 0 aromatic heterocycles. The lowest BCUT2D eigenvalue weighted by molar-refractivity contribution is -0.126. The number of hydrogen-bond acceptors (Lipinski definition) is 4. The molecular weight excluding hydrogens is 252 g/mol. The van der Waals surface area contributed by atoms with Crippen LogP contribution in [0.5, 0.6) is 5.75 Å². The monoisotopic (exact) mass is 272 g/mol. The number of nitrogens with one attached hydrogen (secondary N) is 1. The Morgan fingerprint density at radius 1 is 1.30 bits per heavy atom. The third-order valence-corrected chi connectivity index (χ3v) is 4.21. The molecule has 1 N–H and O–H groups in total. The molecule has 2 atom stereocenters. The Bertz CT molecular complexity index is 560. The molecule has 1 saturated carbocycles. The van der Waals surface area contributed by atoms with Crippen LogP contribution in [-0.2, 0) is 4.79 Å². The van der Waals surface area contributed by atoms with Gasteiger partial charge in [0.1, 0.15) is 11.5 Å². The fourth-order valence-electron chi connectivity index (χ4n) is 3.28. The second kappa shape index (κ2) is 4.62. The molecule has 1 aromatic rings. The van der Waals surface area contributed by atoms with Gasteiger partial charge in [0.15, 0.2) is 0 Å². The normalized spacial score (nSPS) is 27.6. The average molecular weight is 272 g/mol. The first kappa shape index (κ1) is 13.2. The van der Waals surface area contributed by atoms with E-state index >= 15 is 0 Å². The summed E-state index contributed by atoms with van der Waals surface area (Å²) in [6.07, 6.45) is 1.61. The van der Waals surface area contributed by atoms with Gasteiger partial charge in [-0.15, -0.1) is 0 Å². The molecule has 3 rings (SSSR count). The summed E-state index contributed by atoms with van der Waals surface area (Å²) >= 11 is 0. The number of methoxy groups -OCH3 is 1. The van der Waals surface area contributed by atoms with Crippen molar-refractivity contribution in [3.63, 3.8) is 0 Å². The first-order valence-electron chi connectivity index (χ1n) is 7.00. The number of hydrogen-bond donors (Lipinski definition) is 1. The minimum absolute atomic E-state index is 0.0656. The summed E-state index contributed by atoms with van der Waals surface area (Å²) in [4.78, 5) is 12.5. The van der Waals surface area contributed by atoms with E-state index in [-0.39, 0.29) is 17.4 Å². The molecule has 4 heteroatoms. The Balaban J connectivity index is 1.87. The summed E-state index contributed by atoms with van der Waals surface area (Å²) in [6.45, 7) is 4.29. The number of benzene rings is 1. The number of carbonyl (C=O) groups excluding carboxylic acids is 1. The minimum atomic E-state index is -0.101. The summed E-state index contributed by atoms with van der Waals surface area (Å²) in [5.74, 6) is 1.01. The smallest absolute Gasteiger partial charge is 0.144 e. The molecular formula is C16H20N2O2. The molecule has 106 valence electrons. The van der Waals surface area contributed by atoms with Gasteiger partial charge in [0.2, 0.25) is 0 Å². The second-order valence-corrected chi connectivity index (χ2v) is 6.45. The van der Waals surface area contributed by atoms with E-state index in [0.29, 0.717) is 12.2 Å². The van der Waals surface area contributed by atoms with Crippen molar-refractivity contribution in [1.82, 2.24) is 5.43 Å². The van der Waals surface area contributed by atoms with Crippen molar-refractivity contribution in [1.29, 1.82) is 0 Å². The Morgan fingerprint density at radius 2 is 2.00 bits per heavy atom. The summed E-state index contributed by atoms with van der Waals surface area (Å²) in [5.41, 5.74) is 5.10. The van der Waals surface area contributed by atoms with Crippen LogP contribution in [0.2, 0.25) is 0 Å². The van der Waals surface area contributed by atoms with Crippen LogP contribution < -0.4 is 10.2 Å². The molecule has 1 heterocycles. The van der Waals surface area contributed by atoms with Crippen LogP contribution in [0.1, 0.15) is 32.3 Å². The van der Waals surface area contributed by atoms with Gasteiger partial charge in [-0.1, -0.05) is 13.8 Å². The first-order valence-corrected chi connectivity index (χ1v) is 7.00. The van der Waals surface area contributed by atoms with E-state index in [4.69, 9.17) is 4.74 Å². The highest BCUT2D eigenvalue weighted by Gasteiger charge is 2.46. The van der Waals surface area contributed by atoms with Crippen molar-refractivity contribution in [3.8, 4) is 5.75 Å². The van der Waals surface area contributed by atoms with Crippen LogP contribution in [0.15, 0.2) is 29.4 Å². The van der Waals surface area contributed by atoms with Gasteiger partial charge >= 0.3 is 0 Å². The molecule has 0 amide bonds. The zero-order chi connectivity index (χ0) is 14.3. The number of Topliss-reactive ketones (excluding diaryl/α,β-unsaturated/α-hetero) is 1. The minimum Gasteiger partial charge on any atom is -0.497 e. The molecule has 0 spiro atoms. The average Bonchev–Trinajstić information content (AvgIpc) is 2.81. The van der Waals surface area contributed by atoms with E-state index in [2.05, 4.69) is 24.4 Å². The van der Waals surface area contributed by atoms with E-state index < -0.39 is 0 Å². The topological polar surface area (TPSA) is 50.7 Å². The van der Waals surface area contributed by atoms with Crippen molar-refractivity contribution in [3.05, 3.63) is 29.8 Å². The standard InChI is InChI=1S/C16H20N2O2/c1-16(2)8-12-14(13(19)9-16)15(18-17-12)10-4-6-11(20-3)7-5-10/h4-7,12,14,17H,8-9H2,1-3H3/t12-,14+/m1/s1. The van der Waals surface area contributed by atoms with E-state index in [1.807, 2.05) is 24.3 Å². The Kier molecular flexibility index (Phi) is 3.04. The van der Waals surface area contributed by atoms with E-state index in [0.717, 1.165) is 23.4 Å². The summed E-state index contributed by atoms with van der Waals surface area (Å²) in [7, 11) is 1.65. The summed E-state index contributed by atoms with van der Waals surface area (Å²) < 4.78 is 5.16. The Hall–Kier alpha value is -1.84. The predicted octanol–water partition coefficient (Wildman–Crippen LogP) is 2.38. The predicted molar refractivity (Wildman–Crippen MR) is 78.0 cm³/mol. The molecule has 4 nitrogen and oxygen atoms in total. The van der Waals surface area contributed by atoms with Gasteiger partial charge in [-0.2, -0.15) is 5.10 Å². The van der Waals surface area contributed by atoms with Crippen molar-refractivity contribution in [2.45, 2.75) is 32.7 Å². The van der Waals surface area contributed by atoms with Crippen LogP contribution in [0.25, 0.3) is 0 Å². The molecule has 0 saturated heterocycles. The van der Waals surface area contributed by atoms with Gasteiger partial charge in [0.25, 0.3) is 0 Å². The fourth-order valence-corrected chi connectivity index (χ4v) is 3.28. The second-order valence-electron chi connectivity index (χ2n) is 6.45. The number of rotatable bonds is 2. The van der Waals surface area contributed by atoms with Gasteiger partial charge in [-0.25, -0.2) is 0 Å². The highest BCUT2D eigenvalue weighted by atomic mass is 16.5. The molecule has 0 bridgehead atoms. The lowest BCUT2D eigenvalue weighted by atomic mass is 9.68. The van der Waals surface area contributed by atoms with Crippen LogP contribution in [0.3, 0.4) is 0 Å². The molecule has 1 aliphatic heterocycles. The molecule has 20 heavy (non-hydrogen) atoms. The number of carbonyl (C=O) groups is 1. The fraction of sp³-hybridized carbons (Fsp3) is 0.500. The molecule has 0 radical (unpaired) electrons. The van der Waals surface area contributed by atoms with E-state index in [9.17, 15) is 4.79 Å². The van der Waals surface area contributed by atoms with Gasteiger partial charge in [-0.05, 0) is 41.7 Å². The lowest BCUT2D eigenvalue weighted by Crippen LogP contribution is -2.45. The van der Waals surface area contributed by atoms with E-state index in [1.165, 1.54) is 0 Å². The Labute approximate surface area is 119 Å². The number of hydrazone groups is 1. The largest absolute Gasteiger partial charge is 0.497 e. The number of ether oxygens (including phenoxy) is 1. The van der Waals surface area contributed by atoms with Crippen molar-refractivity contribution >= 4 is 11.5 Å². The van der Waals surface area contributed by atoms with Crippen molar-refractivity contribution in [2.75, 3.05) is 7.11 Å². The number of fused-ring (bicyclic) bond motifs is 1. The maximum atomic E-state index is 12.5. The highest BCUT2D eigenvalue weighted by Crippen LogP contribution is 2.39. The zero-order valence-corrected chi connectivity index (χ0v) is 12.1. The zero-order valence-electron chi connectivity index (χ0n) is 12.1. The molecule has 2 aliphatic rings. The van der Waals surface area contributed by atoms with E-state index in [1.54, 1.807) is 7.11 Å². The van der Waals surface area contributed by atoms with Crippen LogP contribution in [0.4, 0.5) is 0 Å². The maximum Gasteiger partial charge on any atom is 0.144 e. The summed E-state index contributed by atoms with van der Waals surface area (Å²) in [5, 5.41) is 4.43. The third-order valence-electron chi connectivity index (χ3n) is 4.21. The molecule has 1 fully saturated rings. The molecule has 0 unspecified atom stereocenters. The van der Waals surface area contributed by atoms with Crippen LogP contribution in [0, 0.1) is 11.3 Å². The maximum absolute atomic E-state index is 12.5. The van der Waals surface area contributed by atoms with Crippen molar-refractivity contribution < 1.29 is 9.53 Å². The number of ketones is 1. The first-order chi connectivity index (χ1) is 9.50. The quantitative estimate of drug-likeness (QED) is 0.899. The SMILES string of the molecule is COc1ccc(C2=NN[C@@H]3CC(C)(C)CC(=O)[C@@H]23)cc1. The van der Waals surface area contributed by atoms with Gasteiger partial charge in [-0.3, -0.25) is 4.79 Å². The van der Waals surface area contributed by atoms with Gasteiger partial charge in [0.05, 0.1) is 24.8 Å².